The lowest BCUT2D eigenvalue weighted by molar-refractivity contribution is 0.146. The lowest BCUT2D eigenvalue weighted by atomic mass is 10.4. The van der Waals surface area contributed by atoms with Gasteiger partial charge in [-0.05, 0) is 26.3 Å². The molecule has 0 saturated carbocycles. The second-order valence-corrected chi connectivity index (χ2v) is 5.65. The fourth-order valence-corrected chi connectivity index (χ4v) is 2.54. The van der Waals surface area contributed by atoms with Crippen molar-refractivity contribution in [2.75, 3.05) is 31.6 Å². The van der Waals surface area contributed by atoms with Gasteiger partial charge in [-0.15, -0.1) is 0 Å². The first kappa shape index (κ1) is 15.9. The average molecular weight is 287 g/mol. The van der Waals surface area contributed by atoms with Crippen molar-refractivity contribution >= 4 is 15.7 Å². The zero-order chi connectivity index (χ0) is 14.1. The van der Waals surface area contributed by atoms with E-state index in [1.807, 2.05) is 13.8 Å². The summed E-state index contributed by atoms with van der Waals surface area (Å²) in [5.41, 5.74) is 0.694. The monoisotopic (exact) mass is 287 g/mol. The molecular formula is C12H21N3O3S. The van der Waals surface area contributed by atoms with Crippen LogP contribution in [-0.2, 0) is 14.8 Å². The van der Waals surface area contributed by atoms with E-state index in [2.05, 4.69) is 15.0 Å². The van der Waals surface area contributed by atoms with Gasteiger partial charge in [-0.25, -0.2) is 13.1 Å². The van der Waals surface area contributed by atoms with Crippen molar-refractivity contribution in [3.05, 3.63) is 18.5 Å². The minimum absolute atomic E-state index is 0.169. The Morgan fingerprint density at radius 2 is 2.11 bits per heavy atom. The predicted molar refractivity (Wildman–Crippen MR) is 74.7 cm³/mol. The smallest absolute Gasteiger partial charge is 0.242 e. The Kier molecular flexibility index (Phi) is 6.75. The summed E-state index contributed by atoms with van der Waals surface area (Å²) in [4.78, 5) is 4.09. The van der Waals surface area contributed by atoms with E-state index in [0.717, 1.165) is 0 Å². The molecule has 6 nitrogen and oxygen atoms in total. The van der Waals surface area contributed by atoms with E-state index in [-0.39, 0.29) is 4.90 Å². The molecule has 0 aliphatic carbocycles. The van der Waals surface area contributed by atoms with Crippen LogP contribution in [0.5, 0.6) is 0 Å². The van der Waals surface area contributed by atoms with Crippen LogP contribution < -0.4 is 10.0 Å². The van der Waals surface area contributed by atoms with Crippen molar-refractivity contribution in [1.82, 2.24) is 9.71 Å². The molecule has 0 bridgehead atoms. The lowest BCUT2D eigenvalue weighted by Crippen LogP contribution is -2.25. The van der Waals surface area contributed by atoms with E-state index in [9.17, 15) is 8.42 Å². The van der Waals surface area contributed by atoms with Crippen LogP contribution in [0, 0.1) is 0 Å². The Morgan fingerprint density at radius 3 is 2.79 bits per heavy atom. The maximum atomic E-state index is 12.0. The molecule has 1 aromatic heterocycles. The minimum atomic E-state index is -3.50. The molecule has 7 heteroatoms. The Hall–Kier alpha value is -1.18. The summed E-state index contributed by atoms with van der Waals surface area (Å²) in [5, 5.41) is 3.03. The van der Waals surface area contributed by atoms with E-state index in [0.29, 0.717) is 38.4 Å². The first-order chi connectivity index (χ1) is 9.10. The summed E-state index contributed by atoms with van der Waals surface area (Å²) in [5.74, 6) is 0. The molecule has 1 heterocycles. The van der Waals surface area contributed by atoms with Crippen molar-refractivity contribution in [3.63, 3.8) is 0 Å². The molecule has 0 fully saturated rings. The van der Waals surface area contributed by atoms with Crippen LogP contribution in [0.2, 0.25) is 0 Å². The second kappa shape index (κ2) is 8.08. The maximum Gasteiger partial charge on any atom is 0.242 e. The van der Waals surface area contributed by atoms with Gasteiger partial charge < -0.3 is 10.1 Å². The first-order valence-electron chi connectivity index (χ1n) is 6.36. The molecule has 1 rings (SSSR count). The van der Waals surface area contributed by atoms with Crippen molar-refractivity contribution in [3.8, 4) is 0 Å². The van der Waals surface area contributed by atoms with Crippen molar-refractivity contribution in [2.45, 2.75) is 25.2 Å². The van der Waals surface area contributed by atoms with Crippen LogP contribution in [0.3, 0.4) is 0 Å². The molecule has 0 aromatic carbocycles. The van der Waals surface area contributed by atoms with Crippen molar-refractivity contribution < 1.29 is 13.2 Å². The second-order valence-electron chi connectivity index (χ2n) is 3.89. The SMILES string of the molecule is CCNc1cncc(S(=O)(=O)NCCCOCC)c1. The Labute approximate surface area is 114 Å². The molecule has 0 aliphatic heterocycles. The minimum Gasteiger partial charge on any atom is -0.384 e. The summed E-state index contributed by atoms with van der Waals surface area (Å²) in [6.07, 6.45) is 3.58. The topological polar surface area (TPSA) is 80.3 Å². The number of rotatable bonds is 9. The highest BCUT2D eigenvalue weighted by Gasteiger charge is 2.14. The third-order valence-corrected chi connectivity index (χ3v) is 3.79. The van der Waals surface area contributed by atoms with E-state index < -0.39 is 10.0 Å². The normalized spacial score (nSPS) is 11.5. The van der Waals surface area contributed by atoms with Gasteiger partial charge in [0.1, 0.15) is 4.90 Å². The largest absolute Gasteiger partial charge is 0.384 e. The number of ether oxygens (including phenoxy) is 1. The number of nitrogens with one attached hydrogen (secondary N) is 2. The fraction of sp³-hybridized carbons (Fsp3) is 0.583. The fourth-order valence-electron chi connectivity index (χ4n) is 1.48. The Morgan fingerprint density at radius 1 is 1.32 bits per heavy atom. The number of hydrogen-bond donors (Lipinski definition) is 2. The first-order valence-corrected chi connectivity index (χ1v) is 7.84. The molecule has 19 heavy (non-hydrogen) atoms. The number of hydrogen-bond acceptors (Lipinski definition) is 5. The third kappa shape index (κ3) is 5.54. The van der Waals surface area contributed by atoms with Gasteiger partial charge in [0.25, 0.3) is 0 Å². The molecule has 1 aromatic rings. The molecule has 0 amide bonds. The summed E-state index contributed by atoms with van der Waals surface area (Å²) in [7, 11) is -3.50. The van der Waals surface area contributed by atoms with Gasteiger partial charge in [0.05, 0.1) is 11.9 Å². The summed E-state index contributed by atoms with van der Waals surface area (Å²) < 4.78 is 31.7. The molecular weight excluding hydrogens is 266 g/mol. The maximum absolute atomic E-state index is 12.0. The number of sulfonamides is 1. The van der Waals surface area contributed by atoms with Gasteiger partial charge in [0.15, 0.2) is 0 Å². The third-order valence-electron chi connectivity index (χ3n) is 2.37. The van der Waals surface area contributed by atoms with Gasteiger partial charge >= 0.3 is 0 Å². The van der Waals surface area contributed by atoms with Crippen LogP contribution in [0.1, 0.15) is 20.3 Å². The van der Waals surface area contributed by atoms with E-state index in [4.69, 9.17) is 4.74 Å². The van der Waals surface area contributed by atoms with Gasteiger partial charge in [0.2, 0.25) is 10.0 Å². The van der Waals surface area contributed by atoms with Gasteiger partial charge in [-0.1, -0.05) is 0 Å². The van der Waals surface area contributed by atoms with Crippen LogP contribution in [0.15, 0.2) is 23.4 Å². The summed E-state index contributed by atoms with van der Waals surface area (Å²) >= 11 is 0. The summed E-state index contributed by atoms with van der Waals surface area (Å²) in [6, 6.07) is 1.57. The number of nitrogens with zero attached hydrogens (tertiary/aromatic N) is 1. The summed E-state index contributed by atoms with van der Waals surface area (Å²) in [6.45, 7) is 6.10. The van der Waals surface area contributed by atoms with E-state index in [1.165, 1.54) is 6.20 Å². The highest BCUT2D eigenvalue weighted by Crippen LogP contribution is 2.13. The molecule has 108 valence electrons. The average Bonchev–Trinajstić information content (AvgIpc) is 2.39. The van der Waals surface area contributed by atoms with E-state index in [1.54, 1.807) is 12.3 Å². The Bertz CT molecular complexity index is 477. The number of anilines is 1. The molecule has 2 N–H and O–H groups in total. The molecule has 0 atom stereocenters. The van der Waals surface area contributed by atoms with E-state index >= 15 is 0 Å². The predicted octanol–water partition coefficient (Wildman–Crippen LogP) is 1.22. The number of aromatic nitrogens is 1. The molecule has 0 aliphatic rings. The molecule has 0 unspecified atom stereocenters. The van der Waals surface area contributed by atoms with Crippen LogP contribution >= 0.6 is 0 Å². The molecule has 0 radical (unpaired) electrons. The van der Waals surface area contributed by atoms with Crippen LogP contribution in [0.4, 0.5) is 5.69 Å². The van der Waals surface area contributed by atoms with Gasteiger partial charge in [0, 0.05) is 32.5 Å². The van der Waals surface area contributed by atoms with Crippen LogP contribution in [0.25, 0.3) is 0 Å². The van der Waals surface area contributed by atoms with Gasteiger partial charge in [-0.2, -0.15) is 0 Å². The quantitative estimate of drug-likeness (QED) is 0.667. The van der Waals surface area contributed by atoms with Crippen molar-refractivity contribution in [1.29, 1.82) is 0 Å². The number of pyridine rings is 1. The zero-order valence-electron chi connectivity index (χ0n) is 11.3. The van der Waals surface area contributed by atoms with Crippen LogP contribution in [-0.4, -0.2) is 39.7 Å². The molecule has 0 spiro atoms. The molecule has 0 saturated heterocycles. The Balaban J connectivity index is 2.58. The zero-order valence-corrected chi connectivity index (χ0v) is 12.2. The van der Waals surface area contributed by atoms with Gasteiger partial charge in [-0.3, -0.25) is 4.98 Å². The van der Waals surface area contributed by atoms with Crippen molar-refractivity contribution in [2.24, 2.45) is 0 Å². The highest BCUT2D eigenvalue weighted by atomic mass is 32.2. The standard InChI is InChI=1S/C12H21N3O3S/c1-3-14-11-8-12(10-13-9-11)19(16,17)15-6-5-7-18-4-2/h8-10,14-15H,3-7H2,1-2H3. The lowest BCUT2D eigenvalue weighted by Gasteiger charge is -2.08. The highest BCUT2D eigenvalue weighted by molar-refractivity contribution is 7.89.